The molecule has 17 heavy (non-hydrogen) atoms. The van der Waals surface area contributed by atoms with Crippen LogP contribution in [0.25, 0.3) is 0 Å². The molecule has 2 fully saturated rings. The summed E-state index contributed by atoms with van der Waals surface area (Å²) in [5.41, 5.74) is -0.0800. The Balaban J connectivity index is 1.86. The van der Waals surface area contributed by atoms with Gasteiger partial charge in [0, 0.05) is 47.4 Å². The van der Waals surface area contributed by atoms with Crippen LogP contribution in [0.5, 0.6) is 0 Å². The Hall–Kier alpha value is -1.17. The summed E-state index contributed by atoms with van der Waals surface area (Å²) in [5, 5.41) is 0. The first-order valence-electron chi connectivity index (χ1n) is 5.93. The standard InChI is InChI=1S/C11H15N3O2S/c15-10-7-9(12-11(13-10)8-1-2-8)14-3-5-17(16)6-4-14/h7-8H,1-6H2,(H,12,13,15). The lowest BCUT2D eigenvalue weighted by Gasteiger charge is -2.27. The van der Waals surface area contributed by atoms with Gasteiger partial charge in [0.05, 0.1) is 0 Å². The molecule has 6 heteroatoms. The molecule has 1 aliphatic carbocycles. The van der Waals surface area contributed by atoms with E-state index >= 15 is 0 Å². The monoisotopic (exact) mass is 253 g/mol. The summed E-state index contributed by atoms with van der Waals surface area (Å²) in [6.45, 7) is 1.46. The van der Waals surface area contributed by atoms with Crippen molar-refractivity contribution in [3.8, 4) is 0 Å². The summed E-state index contributed by atoms with van der Waals surface area (Å²) >= 11 is 0. The molecule has 1 saturated heterocycles. The number of aromatic nitrogens is 2. The van der Waals surface area contributed by atoms with Crippen LogP contribution in [0.15, 0.2) is 10.9 Å². The lowest BCUT2D eigenvalue weighted by Crippen LogP contribution is -2.39. The highest BCUT2D eigenvalue weighted by atomic mass is 32.2. The van der Waals surface area contributed by atoms with Gasteiger partial charge < -0.3 is 9.88 Å². The number of hydrogen-bond acceptors (Lipinski definition) is 4. The predicted octanol–water partition coefficient (Wildman–Crippen LogP) is 0.216. The molecular weight excluding hydrogens is 238 g/mol. The van der Waals surface area contributed by atoms with Crippen LogP contribution in [0.3, 0.4) is 0 Å². The largest absolute Gasteiger partial charge is 0.355 e. The van der Waals surface area contributed by atoms with Gasteiger partial charge in [0.25, 0.3) is 5.56 Å². The number of aromatic amines is 1. The summed E-state index contributed by atoms with van der Waals surface area (Å²) in [6.07, 6.45) is 2.24. The fraction of sp³-hybridized carbons (Fsp3) is 0.636. The maximum Gasteiger partial charge on any atom is 0.252 e. The second-order valence-corrected chi connectivity index (χ2v) is 6.29. The Kier molecular flexibility index (Phi) is 2.74. The van der Waals surface area contributed by atoms with E-state index < -0.39 is 10.8 Å². The fourth-order valence-electron chi connectivity index (χ4n) is 2.04. The summed E-state index contributed by atoms with van der Waals surface area (Å²) in [4.78, 5) is 20.9. The molecule has 1 aliphatic heterocycles. The molecule has 1 aromatic heterocycles. The minimum Gasteiger partial charge on any atom is -0.355 e. The van der Waals surface area contributed by atoms with Crippen molar-refractivity contribution < 1.29 is 4.21 Å². The first-order chi connectivity index (χ1) is 8.22. The normalized spacial score (nSPS) is 21.8. The molecule has 0 aromatic carbocycles. The molecule has 1 N–H and O–H groups in total. The molecule has 92 valence electrons. The zero-order chi connectivity index (χ0) is 11.8. The number of nitrogens with zero attached hydrogens (tertiary/aromatic N) is 2. The first kappa shape index (κ1) is 11.0. The maximum absolute atomic E-state index is 11.6. The first-order valence-corrected chi connectivity index (χ1v) is 7.42. The molecular formula is C11H15N3O2S. The highest BCUT2D eigenvalue weighted by Crippen LogP contribution is 2.37. The third-order valence-corrected chi connectivity index (χ3v) is 4.49. The number of anilines is 1. The van der Waals surface area contributed by atoms with Crippen molar-refractivity contribution in [1.82, 2.24) is 9.97 Å². The Morgan fingerprint density at radius 3 is 2.71 bits per heavy atom. The van der Waals surface area contributed by atoms with Gasteiger partial charge in [-0.05, 0) is 12.8 Å². The lowest BCUT2D eigenvalue weighted by molar-refractivity contribution is 0.672. The number of rotatable bonds is 2. The number of H-pyrrole nitrogens is 1. The van der Waals surface area contributed by atoms with Crippen LogP contribution >= 0.6 is 0 Å². The maximum atomic E-state index is 11.6. The Morgan fingerprint density at radius 2 is 2.06 bits per heavy atom. The van der Waals surface area contributed by atoms with Gasteiger partial charge in [0.2, 0.25) is 0 Å². The van der Waals surface area contributed by atoms with Crippen LogP contribution in [-0.4, -0.2) is 38.8 Å². The molecule has 5 nitrogen and oxygen atoms in total. The van der Waals surface area contributed by atoms with Gasteiger partial charge in [-0.25, -0.2) is 4.98 Å². The molecule has 0 amide bonds. The predicted molar refractivity (Wildman–Crippen MR) is 66.9 cm³/mol. The molecule has 0 unspecified atom stereocenters. The van der Waals surface area contributed by atoms with Crippen LogP contribution in [0, 0.1) is 0 Å². The van der Waals surface area contributed by atoms with Gasteiger partial charge in [-0.2, -0.15) is 0 Å². The quantitative estimate of drug-likeness (QED) is 0.818. The van der Waals surface area contributed by atoms with E-state index in [1.54, 1.807) is 6.07 Å². The molecule has 0 radical (unpaired) electrons. The average molecular weight is 253 g/mol. The van der Waals surface area contributed by atoms with Crippen molar-refractivity contribution in [2.45, 2.75) is 18.8 Å². The molecule has 1 saturated carbocycles. The minimum absolute atomic E-state index is 0.0800. The molecule has 1 aromatic rings. The van der Waals surface area contributed by atoms with Gasteiger partial charge in [-0.15, -0.1) is 0 Å². The topological polar surface area (TPSA) is 66.1 Å². The van der Waals surface area contributed by atoms with Crippen molar-refractivity contribution in [2.24, 2.45) is 0 Å². The van der Waals surface area contributed by atoms with Crippen LogP contribution in [0.4, 0.5) is 5.82 Å². The minimum atomic E-state index is -0.697. The number of nitrogens with one attached hydrogen (secondary N) is 1. The summed E-state index contributed by atoms with van der Waals surface area (Å²) in [6, 6.07) is 1.54. The third-order valence-electron chi connectivity index (χ3n) is 3.21. The SMILES string of the molecule is O=c1cc(N2CCS(=O)CC2)nc(C2CC2)[nH]1. The van der Waals surface area contributed by atoms with Crippen molar-refractivity contribution in [3.05, 3.63) is 22.2 Å². The van der Waals surface area contributed by atoms with Gasteiger partial charge in [-0.1, -0.05) is 0 Å². The summed E-state index contributed by atoms with van der Waals surface area (Å²) in [5.74, 6) is 3.36. The zero-order valence-electron chi connectivity index (χ0n) is 9.52. The van der Waals surface area contributed by atoms with Crippen molar-refractivity contribution >= 4 is 16.6 Å². The van der Waals surface area contributed by atoms with Gasteiger partial charge in [0.1, 0.15) is 11.6 Å². The van der Waals surface area contributed by atoms with Crippen molar-refractivity contribution in [1.29, 1.82) is 0 Å². The molecule has 2 heterocycles. The Labute approximate surface area is 102 Å². The molecule has 3 rings (SSSR count). The van der Waals surface area contributed by atoms with Gasteiger partial charge >= 0.3 is 0 Å². The van der Waals surface area contributed by atoms with E-state index in [2.05, 4.69) is 14.9 Å². The van der Waals surface area contributed by atoms with Crippen LogP contribution < -0.4 is 10.5 Å². The van der Waals surface area contributed by atoms with E-state index in [0.717, 1.165) is 37.6 Å². The van der Waals surface area contributed by atoms with Crippen LogP contribution in [0.1, 0.15) is 24.6 Å². The van der Waals surface area contributed by atoms with Crippen LogP contribution in [-0.2, 0) is 10.8 Å². The molecule has 0 spiro atoms. The Morgan fingerprint density at radius 1 is 1.35 bits per heavy atom. The average Bonchev–Trinajstić information content (AvgIpc) is 3.13. The van der Waals surface area contributed by atoms with E-state index in [1.165, 1.54) is 0 Å². The van der Waals surface area contributed by atoms with Crippen LogP contribution in [0.2, 0.25) is 0 Å². The second kappa shape index (κ2) is 4.25. The highest BCUT2D eigenvalue weighted by molar-refractivity contribution is 7.85. The lowest BCUT2D eigenvalue weighted by atomic mass is 10.3. The van der Waals surface area contributed by atoms with Gasteiger partial charge in [-0.3, -0.25) is 9.00 Å². The van der Waals surface area contributed by atoms with E-state index in [4.69, 9.17) is 0 Å². The summed E-state index contributed by atoms with van der Waals surface area (Å²) < 4.78 is 11.3. The zero-order valence-corrected chi connectivity index (χ0v) is 10.3. The smallest absolute Gasteiger partial charge is 0.252 e. The Bertz CT molecular complexity index is 500. The van der Waals surface area contributed by atoms with E-state index in [9.17, 15) is 9.00 Å². The summed E-state index contributed by atoms with van der Waals surface area (Å²) in [7, 11) is -0.697. The third kappa shape index (κ3) is 2.41. The number of hydrogen-bond donors (Lipinski definition) is 1. The highest BCUT2D eigenvalue weighted by Gasteiger charge is 2.27. The fourth-order valence-corrected chi connectivity index (χ4v) is 3.09. The molecule has 0 bridgehead atoms. The molecule has 0 atom stereocenters. The van der Waals surface area contributed by atoms with E-state index in [-0.39, 0.29) is 5.56 Å². The van der Waals surface area contributed by atoms with E-state index in [1.807, 2.05) is 0 Å². The second-order valence-electron chi connectivity index (χ2n) is 4.60. The van der Waals surface area contributed by atoms with E-state index in [0.29, 0.717) is 17.4 Å². The molecule has 2 aliphatic rings. The van der Waals surface area contributed by atoms with Gasteiger partial charge in [0.15, 0.2) is 0 Å². The van der Waals surface area contributed by atoms with Crippen molar-refractivity contribution in [2.75, 3.05) is 29.5 Å². The van der Waals surface area contributed by atoms with Crippen molar-refractivity contribution in [3.63, 3.8) is 0 Å².